The highest BCUT2D eigenvalue weighted by molar-refractivity contribution is 7.89. The minimum Gasteiger partial charge on any atom is -0.350 e. The van der Waals surface area contributed by atoms with E-state index in [1.54, 1.807) is 12.1 Å². The van der Waals surface area contributed by atoms with E-state index < -0.39 is 16.1 Å². The summed E-state index contributed by atoms with van der Waals surface area (Å²) in [7, 11) is -3.51. The first kappa shape index (κ1) is 24.9. The predicted octanol–water partition coefficient (Wildman–Crippen LogP) is 3.28. The SMILES string of the molecule is CC(C)C(NC(=O)Cc1ccc2ccccc2c1)C(=O)NCc1ccc(S(=O)(=O)NC2CC2)cc1. The Morgan fingerprint density at radius 2 is 1.57 bits per heavy atom. The Morgan fingerprint density at radius 3 is 2.23 bits per heavy atom. The van der Waals surface area contributed by atoms with E-state index in [-0.39, 0.29) is 41.6 Å². The summed E-state index contributed by atoms with van der Waals surface area (Å²) in [5.74, 6) is -0.595. The van der Waals surface area contributed by atoms with Crippen LogP contribution in [0, 0.1) is 5.92 Å². The Morgan fingerprint density at radius 1 is 0.914 bits per heavy atom. The molecule has 4 rings (SSSR count). The van der Waals surface area contributed by atoms with Crippen molar-refractivity contribution in [2.45, 2.75) is 56.6 Å². The smallest absolute Gasteiger partial charge is 0.243 e. The molecule has 1 aliphatic carbocycles. The summed E-state index contributed by atoms with van der Waals surface area (Å²) in [5, 5.41) is 7.90. The van der Waals surface area contributed by atoms with Crippen LogP contribution in [0.5, 0.6) is 0 Å². The molecule has 2 amide bonds. The molecule has 1 aliphatic rings. The highest BCUT2D eigenvalue weighted by Gasteiger charge is 2.28. The van der Waals surface area contributed by atoms with Gasteiger partial charge in [-0.2, -0.15) is 0 Å². The zero-order valence-corrected chi connectivity index (χ0v) is 20.8. The molecule has 35 heavy (non-hydrogen) atoms. The van der Waals surface area contributed by atoms with Gasteiger partial charge in [0.05, 0.1) is 11.3 Å². The topological polar surface area (TPSA) is 104 Å². The third-order valence-corrected chi connectivity index (χ3v) is 7.58. The molecule has 0 heterocycles. The molecule has 1 unspecified atom stereocenters. The van der Waals surface area contributed by atoms with Crippen LogP contribution in [0.25, 0.3) is 10.8 Å². The van der Waals surface area contributed by atoms with E-state index in [0.717, 1.165) is 34.7 Å². The molecule has 8 heteroatoms. The third-order valence-electron chi connectivity index (χ3n) is 6.04. The molecular weight excluding hydrogens is 462 g/mol. The second-order valence-electron chi connectivity index (χ2n) is 9.40. The number of fused-ring (bicyclic) bond motifs is 1. The number of benzene rings is 3. The van der Waals surface area contributed by atoms with Crippen LogP contribution < -0.4 is 15.4 Å². The zero-order chi connectivity index (χ0) is 25.0. The maximum atomic E-state index is 12.8. The number of nitrogens with one attached hydrogen (secondary N) is 3. The number of sulfonamides is 1. The van der Waals surface area contributed by atoms with E-state index in [2.05, 4.69) is 15.4 Å². The average Bonchev–Trinajstić information content (AvgIpc) is 3.64. The average molecular weight is 494 g/mol. The summed E-state index contributed by atoms with van der Waals surface area (Å²) in [4.78, 5) is 25.8. The van der Waals surface area contributed by atoms with Crippen LogP contribution >= 0.6 is 0 Å². The van der Waals surface area contributed by atoms with Crippen LogP contribution in [-0.2, 0) is 32.6 Å². The normalized spacial score (nSPS) is 14.6. The van der Waals surface area contributed by atoms with E-state index in [9.17, 15) is 18.0 Å². The van der Waals surface area contributed by atoms with Crippen molar-refractivity contribution < 1.29 is 18.0 Å². The predicted molar refractivity (Wildman–Crippen MR) is 136 cm³/mol. The summed E-state index contributed by atoms with van der Waals surface area (Å²) in [6.07, 6.45) is 1.94. The van der Waals surface area contributed by atoms with Gasteiger partial charge in [0, 0.05) is 12.6 Å². The Bertz CT molecular complexity index is 1320. The number of carbonyl (C=O) groups excluding carboxylic acids is 2. The Kier molecular flexibility index (Phi) is 7.52. The Balaban J connectivity index is 1.32. The third kappa shape index (κ3) is 6.68. The fourth-order valence-corrected chi connectivity index (χ4v) is 5.17. The highest BCUT2D eigenvalue weighted by Crippen LogP contribution is 2.22. The van der Waals surface area contributed by atoms with E-state index in [4.69, 9.17) is 0 Å². The lowest BCUT2D eigenvalue weighted by molar-refractivity contribution is -0.129. The molecule has 1 saturated carbocycles. The fourth-order valence-electron chi connectivity index (χ4n) is 3.87. The van der Waals surface area contributed by atoms with Crippen molar-refractivity contribution in [3.05, 3.63) is 77.9 Å². The van der Waals surface area contributed by atoms with Crippen molar-refractivity contribution >= 4 is 32.6 Å². The highest BCUT2D eigenvalue weighted by atomic mass is 32.2. The molecule has 184 valence electrons. The molecule has 0 aliphatic heterocycles. The van der Waals surface area contributed by atoms with Gasteiger partial charge in [-0.15, -0.1) is 0 Å². The van der Waals surface area contributed by atoms with Crippen LogP contribution in [0.1, 0.15) is 37.8 Å². The zero-order valence-electron chi connectivity index (χ0n) is 20.0. The number of rotatable bonds is 10. The first-order chi connectivity index (χ1) is 16.7. The van der Waals surface area contributed by atoms with Gasteiger partial charge < -0.3 is 10.6 Å². The van der Waals surface area contributed by atoms with E-state index in [0.29, 0.717) is 0 Å². The van der Waals surface area contributed by atoms with Gasteiger partial charge in [-0.25, -0.2) is 13.1 Å². The van der Waals surface area contributed by atoms with Crippen LogP contribution in [0.15, 0.2) is 71.6 Å². The summed E-state index contributed by atoms with van der Waals surface area (Å²) < 4.78 is 27.3. The van der Waals surface area contributed by atoms with Gasteiger partial charge in [0.25, 0.3) is 0 Å². The maximum absolute atomic E-state index is 12.8. The molecule has 3 aromatic rings. The molecule has 0 saturated heterocycles. The standard InChI is InChI=1S/C27H31N3O4S/c1-18(2)26(29-25(31)16-20-7-10-21-5-3-4-6-22(21)15-20)27(32)28-17-19-8-13-24(14-9-19)35(33,34)30-23-11-12-23/h3-10,13-15,18,23,26,30H,11-12,16-17H2,1-2H3,(H,28,32)(H,29,31). The van der Waals surface area contributed by atoms with Crippen molar-refractivity contribution in [1.29, 1.82) is 0 Å². The Hall–Kier alpha value is -3.23. The van der Waals surface area contributed by atoms with Crippen LogP contribution in [-0.4, -0.2) is 32.3 Å². The van der Waals surface area contributed by atoms with Crippen molar-refractivity contribution in [2.75, 3.05) is 0 Å². The summed E-state index contributed by atoms with van der Waals surface area (Å²) in [5.41, 5.74) is 1.66. The van der Waals surface area contributed by atoms with Gasteiger partial charge >= 0.3 is 0 Å². The molecule has 0 radical (unpaired) electrons. The second-order valence-corrected chi connectivity index (χ2v) is 11.1. The fraction of sp³-hybridized carbons (Fsp3) is 0.333. The molecule has 0 bridgehead atoms. The lowest BCUT2D eigenvalue weighted by Gasteiger charge is -2.22. The number of hydrogen-bond donors (Lipinski definition) is 3. The summed E-state index contributed by atoms with van der Waals surface area (Å²) >= 11 is 0. The van der Waals surface area contributed by atoms with Crippen molar-refractivity contribution in [3.8, 4) is 0 Å². The van der Waals surface area contributed by atoms with Gasteiger partial charge in [0.15, 0.2) is 0 Å². The molecule has 1 atom stereocenters. The van der Waals surface area contributed by atoms with Crippen molar-refractivity contribution in [1.82, 2.24) is 15.4 Å². The molecule has 7 nitrogen and oxygen atoms in total. The van der Waals surface area contributed by atoms with Crippen LogP contribution in [0.3, 0.4) is 0 Å². The van der Waals surface area contributed by atoms with Gasteiger partial charge in [0.1, 0.15) is 6.04 Å². The van der Waals surface area contributed by atoms with E-state index >= 15 is 0 Å². The lowest BCUT2D eigenvalue weighted by atomic mass is 10.0. The molecule has 3 N–H and O–H groups in total. The minimum absolute atomic E-state index is 0.0448. The largest absolute Gasteiger partial charge is 0.350 e. The minimum atomic E-state index is -3.51. The first-order valence-electron chi connectivity index (χ1n) is 11.9. The Labute approximate surface area is 206 Å². The van der Waals surface area contributed by atoms with Gasteiger partial charge in [-0.3, -0.25) is 9.59 Å². The monoisotopic (exact) mass is 493 g/mol. The summed E-state index contributed by atoms with van der Waals surface area (Å²) in [6, 6.07) is 19.7. The van der Waals surface area contributed by atoms with Crippen LogP contribution in [0.2, 0.25) is 0 Å². The quantitative estimate of drug-likeness (QED) is 0.403. The maximum Gasteiger partial charge on any atom is 0.243 e. The van der Waals surface area contributed by atoms with Gasteiger partial charge in [-0.05, 0) is 52.8 Å². The molecule has 3 aromatic carbocycles. The lowest BCUT2D eigenvalue weighted by Crippen LogP contribution is -2.49. The van der Waals surface area contributed by atoms with Crippen molar-refractivity contribution in [3.63, 3.8) is 0 Å². The van der Waals surface area contributed by atoms with E-state index in [1.807, 2.05) is 56.3 Å². The molecule has 0 spiro atoms. The second kappa shape index (κ2) is 10.6. The van der Waals surface area contributed by atoms with Crippen LogP contribution in [0.4, 0.5) is 0 Å². The van der Waals surface area contributed by atoms with Gasteiger partial charge in [0.2, 0.25) is 21.8 Å². The molecule has 1 fully saturated rings. The van der Waals surface area contributed by atoms with Crippen molar-refractivity contribution in [2.24, 2.45) is 5.92 Å². The van der Waals surface area contributed by atoms with E-state index in [1.165, 1.54) is 12.1 Å². The van der Waals surface area contributed by atoms with Gasteiger partial charge in [-0.1, -0.05) is 68.4 Å². The molecule has 0 aromatic heterocycles. The molecular formula is C27H31N3O4S. The number of hydrogen-bond acceptors (Lipinski definition) is 4. The number of carbonyl (C=O) groups is 2. The summed E-state index contributed by atoms with van der Waals surface area (Å²) in [6.45, 7) is 4.00. The first-order valence-corrected chi connectivity index (χ1v) is 13.4. The number of amides is 2.